The molecule has 0 aliphatic carbocycles. The van der Waals surface area contributed by atoms with Crippen LogP contribution >= 0.6 is 0 Å². The Morgan fingerprint density at radius 1 is 1.42 bits per heavy atom. The Hall–Kier alpha value is -1.31. The molecule has 0 heterocycles. The van der Waals surface area contributed by atoms with Gasteiger partial charge in [0.25, 0.3) is 0 Å². The van der Waals surface area contributed by atoms with E-state index in [4.69, 9.17) is 10.5 Å². The molecule has 19 heavy (non-hydrogen) atoms. The third kappa shape index (κ3) is 3.82. The van der Waals surface area contributed by atoms with Crippen LogP contribution in [0.3, 0.4) is 0 Å². The summed E-state index contributed by atoms with van der Waals surface area (Å²) in [5.74, 6) is 0. The van der Waals surface area contributed by atoms with Gasteiger partial charge >= 0.3 is 0 Å². The topological polar surface area (TPSA) is 84.7 Å². The van der Waals surface area contributed by atoms with Gasteiger partial charge in [0.05, 0.1) is 22.4 Å². The van der Waals surface area contributed by atoms with Gasteiger partial charge in [-0.25, -0.2) is 12.7 Å². The van der Waals surface area contributed by atoms with E-state index in [9.17, 15) is 8.42 Å². The van der Waals surface area contributed by atoms with Crippen molar-refractivity contribution in [3.63, 3.8) is 0 Å². The Balaban J connectivity index is 2.92. The van der Waals surface area contributed by atoms with Gasteiger partial charge in [-0.05, 0) is 25.1 Å². The highest BCUT2D eigenvalue weighted by molar-refractivity contribution is 7.89. The number of nitrogens with zero attached hydrogens (tertiary/aromatic N) is 1. The minimum Gasteiger partial charge on any atom is -0.397 e. The van der Waals surface area contributed by atoms with Crippen molar-refractivity contribution in [1.82, 2.24) is 4.31 Å². The Kier molecular flexibility index (Phi) is 5.16. The van der Waals surface area contributed by atoms with Crippen LogP contribution in [0, 0.1) is 0 Å². The highest BCUT2D eigenvalue weighted by Crippen LogP contribution is 2.23. The molecule has 0 aliphatic heterocycles. The molecule has 1 aromatic rings. The summed E-state index contributed by atoms with van der Waals surface area (Å²) in [7, 11) is 1.14. The molecule has 1 atom stereocenters. The van der Waals surface area contributed by atoms with Crippen LogP contribution in [0.15, 0.2) is 23.1 Å². The number of nitrogens with one attached hydrogen (secondary N) is 1. The molecule has 1 unspecified atom stereocenters. The predicted octanol–water partition coefficient (Wildman–Crippen LogP) is 0.966. The third-order valence-corrected chi connectivity index (χ3v) is 4.60. The molecule has 0 saturated heterocycles. The number of nitrogen functional groups attached to an aromatic ring is 1. The second kappa shape index (κ2) is 6.23. The molecule has 7 heteroatoms. The van der Waals surface area contributed by atoms with Crippen molar-refractivity contribution in [1.29, 1.82) is 0 Å². The largest absolute Gasteiger partial charge is 0.397 e. The number of nitrogens with two attached hydrogens (primary N) is 1. The van der Waals surface area contributed by atoms with Crippen LogP contribution in [0.1, 0.15) is 6.92 Å². The number of hydrogen-bond donors (Lipinski definition) is 2. The number of hydrogen-bond acceptors (Lipinski definition) is 5. The highest BCUT2D eigenvalue weighted by atomic mass is 32.2. The maximum atomic E-state index is 11.9. The van der Waals surface area contributed by atoms with Gasteiger partial charge in [0.2, 0.25) is 10.0 Å². The van der Waals surface area contributed by atoms with Crippen LogP contribution in [0.2, 0.25) is 0 Å². The normalized spacial score (nSPS) is 13.5. The summed E-state index contributed by atoms with van der Waals surface area (Å²) in [4.78, 5) is 0.181. The smallest absolute Gasteiger partial charge is 0.242 e. The fraction of sp³-hybridized carbons (Fsp3) is 0.500. The van der Waals surface area contributed by atoms with Gasteiger partial charge in [0.1, 0.15) is 0 Å². The first-order chi connectivity index (χ1) is 8.78. The molecule has 108 valence electrons. The number of methoxy groups -OCH3 is 1. The van der Waals surface area contributed by atoms with Crippen LogP contribution in [0.25, 0.3) is 0 Å². The number of ether oxygens (including phenoxy) is 1. The van der Waals surface area contributed by atoms with E-state index in [-0.39, 0.29) is 11.0 Å². The summed E-state index contributed by atoms with van der Waals surface area (Å²) in [6, 6.07) is 4.65. The van der Waals surface area contributed by atoms with E-state index in [1.165, 1.54) is 26.2 Å². The van der Waals surface area contributed by atoms with Crippen LogP contribution in [-0.4, -0.2) is 46.6 Å². The molecular weight excluding hydrogens is 266 g/mol. The summed E-state index contributed by atoms with van der Waals surface area (Å²) in [6.45, 7) is 2.52. The van der Waals surface area contributed by atoms with E-state index in [0.717, 1.165) is 4.31 Å². The monoisotopic (exact) mass is 287 g/mol. The van der Waals surface area contributed by atoms with Gasteiger partial charge in [-0.15, -0.1) is 0 Å². The summed E-state index contributed by atoms with van der Waals surface area (Å²) in [6.07, 6.45) is 0.0459. The van der Waals surface area contributed by atoms with Crippen LogP contribution in [0.4, 0.5) is 11.4 Å². The number of anilines is 2. The fourth-order valence-corrected chi connectivity index (χ4v) is 2.35. The maximum Gasteiger partial charge on any atom is 0.242 e. The molecule has 1 aromatic carbocycles. The summed E-state index contributed by atoms with van der Waals surface area (Å²) in [5, 5.41) is 3.11. The third-order valence-electron chi connectivity index (χ3n) is 2.78. The molecule has 0 spiro atoms. The van der Waals surface area contributed by atoms with Gasteiger partial charge in [-0.3, -0.25) is 0 Å². The molecule has 6 nitrogen and oxygen atoms in total. The predicted molar refractivity (Wildman–Crippen MR) is 76.7 cm³/mol. The first-order valence-electron chi connectivity index (χ1n) is 5.87. The number of benzene rings is 1. The molecule has 1 rings (SSSR count). The average molecular weight is 287 g/mol. The van der Waals surface area contributed by atoms with E-state index in [0.29, 0.717) is 17.9 Å². The van der Waals surface area contributed by atoms with Crippen LogP contribution < -0.4 is 11.1 Å². The van der Waals surface area contributed by atoms with Crippen molar-refractivity contribution in [2.75, 3.05) is 38.8 Å². The zero-order valence-corrected chi connectivity index (χ0v) is 12.5. The van der Waals surface area contributed by atoms with Gasteiger partial charge in [0.15, 0.2) is 0 Å². The molecule has 0 aliphatic rings. The first-order valence-corrected chi connectivity index (χ1v) is 7.31. The van der Waals surface area contributed by atoms with Crippen LogP contribution in [-0.2, 0) is 14.8 Å². The first kappa shape index (κ1) is 15.7. The van der Waals surface area contributed by atoms with Crippen molar-refractivity contribution in [3.05, 3.63) is 18.2 Å². The zero-order chi connectivity index (χ0) is 14.6. The van der Waals surface area contributed by atoms with Gasteiger partial charge in [-0.2, -0.15) is 0 Å². The SMILES string of the molecule is COC(C)CNc1ccc(S(=O)(=O)N(C)C)cc1N. The minimum atomic E-state index is -3.45. The molecule has 0 fully saturated rings. The van der Waals surface area contributed by atoms with Crippen molar-refractivity contribution in [2.45, 2.75) is 17.9 Å². The molecule has 0 saturated carbocycles. The quantitative estimate of drug-likeness (QED) is 0.761. The highest BCUT2D eigenvalue weighted by Gasteiger charge is 2.18. The standard InChI is InChI=1S/C12H21N3O3S/c1-9(18-4)8-14-12-6-5-10(7-11(12)13)19(16,17)15(2)3/h5-7,9,14H,8,13H2,1-4H3. The Labute approximate surface area is 114 Å². The van der Waals surface area contributed by atoms with Crippen molar-refractivity contribution in [3.8, 4) is 0 Å². The molecular formula is C12H21N3O3S. The zero-order valence-electron chi connectivity index (χ0n) is 11.7. The van der Waals surface area contributed by atoms with Gasteiger partial charge < -0.3 is 15.8 Å². The van der Waals surface area contributed by atoms with Gasteiger partial charge in [0, 0.05) is 27.7 Å². The van der Waals surface area contributed by atoms with E-state index in [1.807, 2.05) is 6.92 Å². The Bertz CT molecular complexity index is 529. The average Bonchev–Trinajstić information content (AvgIpc) is 2.36. The lowest BCUT2D eigenvalue weighted by Gasteiger charge is -2.16. The van der Waals surface area contributed by atoms with E-state index in [1.54, 1.807) is 13.2 Å². The molecule has 3 N–H and O–H groups in total. The Morgan fingerprint density at radius 2 is 2.05 bits per heavy atom. The Morgan fingerprint density at radius 3 is 2.53 bits per heavy atom. The lowest BCUT2D eigenvalue weighted by molar-refractivity contribution is 0.129. The lowest BCUT2D eigenvalue weighted by Crippen LogP contribution is -2.22. The van der Waals surface area contributed by atoms with Crippen molar-refractivity contribution in [2.24, 2.45) is 0 Å². The number of rotatable bonds is 6. The lowest BCUT2D eigenvalue weighted by atomic mass is 10.2. The van der Waals surface area contributed by atoms with Crippen molar-refractivity contribution >= 4 is 21.4 Å². The van der Waals surface area contributed by atoms with Gasteiger partial charge in [-0.1, -0.05) is 0 Å². The molecule has 0 aromatic heterocycles. The summed E-state index contributed by atoms with van der Waals surface area (Å²) < 4.78 is 30.1. The summed E-state index contributed by atoms with van der Waals surface area (Å²) in [5.41, 5.74) is 6.95. The van der Waals surface area contributed by atoms with E-state index >= 15 is 0 Å². The van der Waals surface area contributed by atoms with Crippen molar-refractivity contribution < 1.29 is 13.2 Å². The molecule has 0 bridgehead atoms. The van der Waals surface area contributed by atoms with E-state index < -0.39 is 10.0 Å². The summed E-state index contributed by atoms with van der Waals surface area (Å²) >= 11 is 0. The van der Waals surface area contributed by atoms with Crippen LogP contribution in [0.5, 0.6) is 0 Å². The minimum absolute atomic E-state index is 0.0459. The second-order valence-corrected chi connectivity index (χ2v) is 6.62. The maximum absolute atomic E-state index is 11.9. The second-order valence-electron chi connectivity index (χ2n) is 4.46. The molecule has 0 radical (unpaired) electrons. The molecule has 0 amide bonds. The number of sulfonamides is 1. The van der Waals surface area contributed by atoms with E-state index in [2.05, 4.69) is 5.32 Å². The fourth-order valence-electron chi connectivity index (χ4n) is 1.41.